The minimum atomic E-state index is 0.611. The third kappa shape index (κ3) is 5.22. The van der Waals surface area contributed by atoms with Gasteiger partial charge in [0, 0.05) is 49.1 Å². The smallest absolute Gasteiger partial charge is 0.164 e. The number of hydrogen-bond donors (Lipinski definition) is 0. The van der Waals surface area contributed by atoms with Crippen LogP contribution in [0.4, 0.5) is 0 Å². The van der Waals surface area contributed by atoms with E-state index in [0.29, 0.717) is 17.5 Å². The van der Waals surface area contributed by atoms with Crippen molar-refractivity contribution < 1.29 is 4.42 Å². The van der Waals surface area contributed by atoms with Gasteiger partial charge in [-0.15, -0.1) is 0 Å². The molecule has 3 heterocycles. The van der Waals surface area contributed by atoms with E-state index >= 15 is 0 Å². The molecule has 5 heteroatoms. The number of rotatable bonds is 5. The Hall–Kier alpha value is -6.59. The van der Waals surface area contributed by atoms with Crippen LogP contribution in [0.2, 0.25) is 0 Å². The van der Waals surface area contributed by atoms with Crippen LogP contribution in [-0.4, -0.2) is 19.5 Å². The third-order valence-electron chi connectivity index (χ3n) is 9.61. The lowest BCUT2D eigenvalue weighted by molar-refractivity contribution is 0.668. The van der Waals surface area contributed by atoms with Crippen molar-refractivity contribution in [2.45, 2.75) is 20.8 Å². The van der Waals surface area contributed by atoms with Gasteiger partial charge in [0.25, 0.3) is 0 Å². The highest BCUT2D eigenvalue weighted by Crippen LogP contribution is 2.39. The summed E-state index contributed by atoms with van der Waals surface area (Å²) in [5.41, 5.74) is 10.1. The minimum Gasteiger partial charge on any atom is -0.456 e. The Morgan fingerprint density at radius 2 is 1.12 bits per heavy atom. The Kier molecular flexibility index (Phi) is 7.40. The first-order valence-electron chi connectivity index (χ1n) is 17.3. The molecular formula is C46H34N4O. The molecule has 0 atom stereocenters. The molecule has 0 fully saturated rings. The zero-order valence-corrected chi connectivity index (χ0v) is 28.6. The standard InChI is InChI=1S/C46H34N4O/c1-4-35-36-27-32(21-23-40(36)50(39(35)5-2)34-19-13-8-14-20-34)33-22-24-41-37(28-33)43-38(25-29(3)26-42(43)51-41)46-48-44(30-15-9-6-10-16-30)47-45(49-46)31-17-11-7-12-18-31/h4-28H,1-3H3/b35-4-,39-5+. The summed E-state index contributed by atoms with van der Waals surface area (Å²) in [6.45, 7) is 6.31. The highest BCUT2D eigenvalue weighted by molar-refractivity contribution is 6.13. The third-order valence-corrected chi connectivity index (χ3v) is 9.61. The van der Waals surface area contributed by atoms with E-state index in [-0.39, 0.29) is 0 Å². The lowest BCUT2D eigenvalue weighted by Gasteiger charge is -2.10. The molecule has 0 unspecified atom stereocenters. The number of aromatic nitrogens is 4. The summed E-state index contributed by atoms with van der Waals surface area (Å²) in [5, 5.41) is 5.64. The van der Waals surface area contributed by atoms with Crippen molar-refractivity contribution in [1.29, 1.82) is 0 Å². The van der Waals surface area contributed by atoms with Gasteiger partial charge in [-0.05, 0) is 86.0 Å². The maximum atomic E-state index is 6.52. The van der Waals surface area contributed by atoms with Gasteiger partial charge in [0.05, 0.1) is 5.52 Å². The minimum absolute atomic E-state index is 0.611. The number of aryl methyl sites for hydroxylation is 1. The van der Waals surface area contributed by atoms with Gasteiger partial charge in [-0.25, -0.2) is 15.0 Å². The Bertz CT molecular complexity index is 2810. The van der Waals surface area contributed by atoms with E-state index in [0.717, 1.165) is 61.0 Å². The Morgan fingerprint density at radius 1 is 0.529 bits per heavy atom. The van der Waals surface area contributed by atoms with Gasteiger partial charge in [-0.1, -0.05) is 103 Å². The molecule has 9 rings (SSSR count). The van der Waals surface area contributed by atoms with Crippen molar-refractivity contribution in [3.05, 3.63) is 156 Å². The topological polar surface area (TPSA) is 56.7 Å². The van der Waals surface area contributed by atoms with Gasteiger partial charge in [-0.2, -0.15) is 0 Å². The lowest BCUT2D eigenvalue weighted by atomic mass is 9.98. The van der Waals surface area contributed by atoms with E-state index in [2.05, 4.69) is 116 Å². The van der Waals surface area contributed by atoms with Crippen LogP contribution in [-0.2, 0) is 0 Å². The maximum Gasteiger partial charge on any atom is 0.164 e. The first-order valence-corrected chi connectivity index (χ1v) is 17.3. The maximum absolute atomic E-state index is 6.52. The molecule has 0 saturated heterocycles. The van der Waals surface area contributed by atoms with Crippen LogP contribution in [0.5, 0.6) is 0 Å². The molecule has 0 spiro atoms. The van der Waals surface area contributed by atoms with Crippen molar-refractivity contribution in [2.75, 3.05) is 0 Å². The first kappa shape index (κ1) is 30.5. The van der Waals surface area contributed by atoms with E-state index in [1.807, 2.05) is 60.7 Å². The van der Waals surface area contributed by atoms with E-state index in [4.69, 9.17) is 19.4 Å². The highest BCUT2D eigenvalue weighted by Gasteiger charge is 2.19. The predicted octanol–water partition coefficient (Wildman–Crippen LogP) is 10.3. The fraction of sp³-hybridized carbons (Fsp3) is 0.0652. The fourth-order valence-corrected chi connectivity index (χ4v) is 7.29. The van der Waals surface area contributed by atoms with Crippen molar-refractivity contribution in [1.82, 2.24) is 19.5 Å². The molecule has 0 radical (unpaired) electrons. The molecule has 0 aliphatic heterocycles. The van der Waals surface area contributed by atoms with Crippen LogP contribution in [0.3, 0.4) is 0 Å². The van der Waals surface area contributed by atoms with E-state index in [1.165, 1.54) is 21.5 Å². The Balaban J connectivity index is 1.26. The van der Waals surface area contributed by atoms with Gasteiger partial charge in [0.2, 0.25) is 0 Å². The summed E-state index contributed by atoms with van der Waals surface area (Å²) in [6, 6.07) is 48.3. The number of para-hydroxylation sites is 1. The fourth-order valence-electron chi connectivity index (χ4n) is 7.29. The molecule has 0 aliphatic rings. The molecule has 244 valence electrons. The molecule has 51 heavy (non-hydrogen) atoms. The van der Waals surface area contributed by atoms with Gasteiger partial charge in [0.1, 0.15) is 11.2 Å². The summed E-state index contributed by atoms with van der Waals surface area (Å²) >= 11 is 0. The number of hydrogen-bond acceptors (Lipinski definition) is 4. The van der Waals surface area contributed by atoms with Gasteiger partial charge in [-0.3, -0.25) is 0 Å². The SMILES string of the molecule is C/C=c1\c(=C/C)n(-c2ccccc2)c2ccc(-c3ccc4oc5cc(C)cc(-c6nc(-c7ccccc7)nc(-c7ccccc7)n6)c5c4c3)cc12. The average molecular weight is 659 g/mol. The van der Waals surface area contributed by atoms with Crippen LogP contribution in [0, 0.1) is 6.92 Å². The summed E-state index contributed by atoms with van der Waals surface area (Å²) in [5.74, 6) is 1.87. The first-order chi connectivity index (χ1) is 25.1. The van der Waals surface area contributed by atoms with Crippen LogP contribution in [0.25, 0.3) is 96.0 Å². The second kappa shape index (κ2) is 12.4. The largest absolute Gasteiger partial charge is 0.456 e. The van der Waals surface area contributed by atoms with Crippen molar-refractivity contribution in [3.8, 4) is 51.0 Å². The molecule has 5 nitrogen and oxygen atoms in total. The van der Waals surface area contributed by atoms with Gasteiger partial charge in [0.15, 0.2) is 17.5 Å². The zero-order valence-electron chi connectivity index (χ0n) is 28.6. The summed E-state index contributed by atoms with van der Waals surface area (Å²) in [6.07, 6.45) is 4.41. The molecule has 0 N–H and O–H groups in total. The van der Waals surface area contributed by atoms with Gasteiger partial charge < -0.3 is 8.98 Å². The van der Waals surface area contributed by atoms with E-state index < -0.39 is 0 Å². The van der Waals surface area contributed by atoms with E-state index in [9.17, 15) is 0 Å². The van der Waals surface area contributed by atoms with Crippen molar-refractivity contribution >= 4 is 45.0 Å². The molecule has 6 aromatic carbocycles. The number of nitrogens with zero attached hydrogens (tertiary/aromatic N) is 4. The molecule has 0 amide bonds. The lowest BCUT2D eigenvalue weighted by Crippen LogP contribution is -2.27. The van der Waals surface area contributed by atoms with Crippen LogP contribution >= 0.6 is 0 Å². The molecule has 9 aromatic rings. The van der Waals surface area contributed by atoms with E-state index in [1.54, 1.807) is 0 Å². The molecule has 0 saturated carbocycles. The van der Waals surface area contributed by atoms with Crippen LogP contribution in [0.1, 0.15) is 19.4 Å². The number of furan rings is 1. The molecular weight excluding hydrogens is 625 g/mol. The van der Waals surface area contributed by atoms with Crippen LogP contribution in [0.15, 0.2) is 144 Å². The van der Waals surface area contributed by atoms with Crippen molar-refractivity contribution in [3.63, 3.8) is 0 Å². The second-order valence-electron chi connectivity index (χ2n) is 12.8. The van der Waals surface area contributed by atoms with Crippen molar-refractivity contribution in [2.24, 2.45) is 0 Å². The normalized spacial score (nSPS) is 12.5. The molecule has 0 bridgehead atoms. The summed E-state index contributed by atoms with van der Waals surface area (Å²) in [7, 11) is 0. The van der Waals surface area contributed by atoms with Crippen LogP contribution < -0.4 is 10.6 Å². The summed E-state index contributed by atoms with van der Waals surface area (Å²) in [4.78, 5) is 15.1. The Labute approximate surface area is 295 Å². The highest BCUT2D eigenvalue weighted by atomic mass is 16.3. The average Bonchev–Trinajstić information content (AvgIpc) is 3.72. The second-order valence-corrected chi connectivity index (χ2v) is 12.8. The quantitative estimate of drug-likeness (QED) is 0.185. The zero-order chi connectivity index (χ0) is 34.5. The summed E-state index contributed by atoms with van der Waals surface area (Å²) < 4.78 is 8.87. The monoisotopic (exact) mass is 658 g/mol. The number of benzene rings is 6. The molecule has 3 aromatic heterocycles. The van der Waals surface area contributed by atoms with Gasteiger partial charge >= 0.3 is 0 Å². The Morgan fingerprint density at radius 3 is 1.75 bits per heavy atom. The predicted molar refractivity (Wildman–Crippen MR) is 210 cm³/mol. The number of fused-ring (bicyclic) bond motifs is 4. The molecule has 0 aliphatic carbocycles.